The van der Waals surface area contributed by atoms with Crippen LogP contribution in [0.25, 0.3) is 0 Å². The van der Waals surface area contributed by atoms with Gasteiger partial charge in [-0.2, -0.15) is 0 Å². The van der Waals surface area contributed by atoms with E-state index in [9.17, 15) is 0 Å². The molecule has 0 atom stereocenters. The van der Waals surface area contributed by atoms with E-state index in [4.69, 9.17) is 10.2 Å². The summed E-state index contributed by atoms with van der Waals surface area (Å²) in [5, 5.41) is 18.3. The van der Waals surface area contributed by atoms with Crippen molar-refractivity contribution in [2.45, 2.75) is 38.3 Å². The standard InChI is InChI=1S/C13H20N2O2/c16-9-8-15(12-5-1-2-6-12)13-7-3-4-11(10-17)14-13/h3-4,7,12,16-17H,1-2,5-6,8-10H2. The second-order valence-corrected chi connectivity index (χ2v) is 4.50. The predicted molar refractivity (Wildman–Crippen MR) is 66.8 cm³/mol. The minimum atomic E-state index is -0.0362. The van der Waals surface area contributed by atoms with Gasteiger partial charge in [-0.3, -0.25) is 0 Å². The first-order valence-electron chi connectivity index (χ1n) is 6.29. The summed E-state index contributed by atoms with van der Waals surface area (Å²) >= 11 is 0. The zero-order valence-electron chi connectivity index (χ0n) is 10.0. The number of rotatable bonds is 5. The molecule has 0 unspecified atom stereocenters. The lowest BCUT2D eigenvalue weighted by Gasteiger charge is -2.29. The summed E-state index contributed by atoms with van der Waals surface area (Å²) in [5.41, 5.74) is 0.684. The third kappa shape index (κ3) is 2.96. The Kier molecular flexibility index (Phi) is 4.34. The molecule has 94 valence electrons. The first-order valence-corrected chi connectivity index (χ1v) is 6.29. The van der Waals surface area contributed by atoms with Crippen LogP contribution in [0.1, 0.15) is 31.4 Å². The van der Waals surface area contributed by atoms with Crippen molar-refractivity contribution in [3.05, 3.63) is 23.9 Å². The molecule has 1 aromatic rings. The molecule has 17 heavy (non-hydrogen) atoms. The fourth-order valence-corrected chi connectivity index (χ4v) is 2.52. The number of aliphatic hydroxyl groups is 2. The van der Waals surface area contributed by atoms with E-state index in [1.807, 2.05) is 18.2 Å². The van der Waals surface area contributed by atoms with Crippen LogP contribution >= 0.6 is 0 Å². The highest BCUT2D eigenvalue weighted by Crippen LogP contribution is 2.26. The Morgan fingerprint density at radius 1 is 1.24 bits per heavy atom. The summed E-state index contributed by atoms with van der Waals surface area (Å²) in [6.45, 7) is 0.722. The van der Waals surface area contributed by atoms with Crippen LogP contribution in [0.3, 0.4) is 0 Å². The maximum Gasteiger partial charge on any atom is 0.129 e. The first-order chi connectivity index (χ1) is 8.35. The Bertz CT molecular complexity index is 351. The van der Waals surface area contributed by atoms with E-state index in [0.29, 0.717) is 18.3 Å². The van der Waals surface area contributed by atoms with Crippen molar-refractivity contribution in [2.24, 2.45) is 0 Å². The molecule has 4 heteroatoms. The van der Waals surface area contributed by atoms with Gasteiger partial charge in [-0.15, -0.1) is 0 Å². The molecule has 2 N–H and O–H groups in total. The quantitative estimate of drug-likeness (QED) is 0.809. The van der Waals surface area contributed by atoms with Gasteiger partial charge in [0.05, 0.1) is 18.9 Å². The summed E-state index contributed by atoms with van der Waals surface area (Å²) in [6.07, 6.45) is 4.86. The molecule has 2 rings (SSSR count). The highest BCUT2D eigenvalue weighted by atomic mass is 16.3. The number of nitrogens with zero attached hydrogens (tertiary/aromatic N) is 2. The molecular formula is C13H20N2O2. The third-order valence-electron chi connectivity index (χ3n) is 3.35. The average molecular weight is 236 g/mol. The largest absolute Gasteiger partial charge is 0.395 e. The second-order valence-electron chi connectivity index (χ2n) is 4.50. The number of aromatic nitrogens is 1. The minimum absolute atomic E-state index is 0.0362. The molecule has 1 fully saturated rings. The molecular weight excluding hydrogens is 216 g/mol. The lowest BCUT2D eigenvalue weighted by atomic mass is 10.2. The molecule has 4 nitrogen and oxygen atoms in total. The van der Waals surface area contributed by atoms with Crippen molar-refractivity contribution >= 4 is 5.82 Å². The van der Waals surface area contributed by atoms with Crippen LogP contribution in [0.4, 0.5) is 5.82 Å². The van der Waals surface area contributed by atoms with Gasteiger partial charge in [-0.05, 0) is 25.0 Å². The number of aliphatic hydroxyl groups excluding tert-OH is 2. The van der Waals surface area contributed by atoms with Gasteiger partial charge in [0.15, 0.2) is 0 Å². The summed E-state index contributed by atoms with van der Waals surface area (Å²) in [5.74, 6) is 0.873. The molecule has 1 aliphatic rings. The zero-order chi connectivity index (χ0) is 12.1. The van der Waals surface area contributed by atoms with Crippen LogP contribution in [0.15, 0.2) is 18.2 Å². The van der Waals surface area contributed by atoms with Gasteiger partial charge >= 0.3 is 0 Å². The Hall–Kier alpha value is -1.13. The zero-order valence-corrected chi connectivity index (χ0v) is 10.0. The van der Waals surface area contributed by atoms with Gasteiger partial charge in [0, 0.05) is 12.6 Å². The summed E-state index contributed by atoms with van der Waals surface area (Å²) in [6, 6.07) is 6.17. The van der Waals surface area contributed by atoms with Crippen molar-refractivity contribution in [2.75, 3.05) is 18.1 Å². The van der Waals surface area contributed by atoms with Crippen molar-refractivity contribution < 1.29 is 10.2 Å². The summed E-state index contributed by atoms with van der Waals surface area (Å²) in [4.78, 5) is 6.59. The Labute approximate surface area is 102 Å². The fraction of sp³-hybridized carbons (Fsp3) is 0.615. The topological polar surface area (TPSA) is 56.6 Å². The van der Waals surface area contributed by atoms with Crippen LogP contribution in [-0.2, 0) is 6.61 Å². The van der Waals surface area contributed by atoms with Gasteiger partial charge < -0.3 is 15.1 Å². The van der Waals surface area contributed by atoms with E-state index in [1.165, 1.54) is 25.7 Å². The molecule has 0 saturated heterocycles. The number of hydrogen-bond donors (Lipinski definition) is 2. The molecule has 0 spiro atoms. The van der Waals surface area contributed by atoms with Crippen LogP contribution in [0, 0.1) is 0 Å². The lowest BCUT2D eigenvalue weighted by molar-refractivity contribution is 0.276. The fourth-order valence-electron chi connectivity index (χ4n) is 2.52. The smallest absolute Gasteiger partial charge is 0.129 e. The Morgan fingerprint density at radius 3 is 2.65 bits per heavy atom. The normalized spacial score (nSPS) is 16.4. The summed E-state index contributed by atoms with van der Waals surface area (Å²) in [7, 11) is 0. The molecule has 0 aliphatic heterocycles. The Morgan fingerprint density at radius 2 is 2.00 bits per heavy atom. The predicted octanol–water partition coefficient (Wildman–Crippen LogP) is 1.32. The Balaban J connectivity index is 2.18. The van der Waals surface area contributed by atoms with E-state index >= 15 is 0 Å². The summed E-state index contributed by atoms with van der Waals surface area (Å²) < 4.78 is 0. The molecule has 1 saturated carbocycles. The van der Waals surface area contributed by atoms with E-state index in [0.717, 1.165) is 5.82 Å². The molecule has 0 radical (unpaired) electrons. The van der Waals surface area contributed by atoms with Crippen LogP contribution in [-0.4, -0.2) is 34.4 Å². The van der Waals surface area contributed by atoms with Gasteiger partial charge in [0.25, 0.3) is 0 Å². The maximum absolute atomic E-state index is 9.17. The van der Waals surface area contributed by atoms with Crippen LogP contribution in [0.2, 0.25) is 0 Å². The molecule has 0 aromatic carbocycles. The van der Waals surface area contributed by atoms with Gasteiger partial charge in [0.1, 0.15) is 5.82 Å². The van der Waals surface area contributed by atoms with Crippen molar-refractivity contribution in [1.29, 1.82) is 0 Å². The van der Waals surface area contributed by atoms with Crippen LogP contribution in [0.5, 0.6) is 0 Å². The molecule has 1 aliphatic carbocycles. The van der Waals surface area contributed by atoms with Gasteiger partial charge in [-0.25, -0.2) is 4.98 Å². The monoisotopic (exact) mass is 236 g/mol. The highest BCUT2D eigenvalue weighted by molar-refractivity contribution is 5.40. The van der Waals surface area contributed by atoms with E-state index in [2.05, 4.69) is 9.88 Å². The first kappa shape index (κ1) is 12.3. The highest BCUT2D eigenvalue weighted by Gasteiger charge is 2.23. The molecule has 0 bridgehead atoms. The van der Waals surface area contributed by atoms with Crippen molar-refractivity contribution in [3.63, 3.8) is 0 Å². The number of hydrogen-bond acceptors (Lipinski definition) is 4. The van der Waals surface area contributed by atoms with E-state index in [-0.39, 0.29) is 13.2 Å². The van der Waals surface area contributed by atoms with Gasteiger partial charge in [0.2, 0.25) is 0 Å². The van der Waals surface area contributed by atoms with Crippen LogP contribution < -0.4 is 4.90 Å². The van der Waals surface area contributed by atoms with E-state index in [1.54, 1.807) is 0 Å². The molecule has 1 aromatic heterocycles. The van der Waals surface area contributed by atoms with Crippen molar-refractivity contribution in [1.82, 2.24) is 4.98 Å². The minimum Gasteiger partial charge on any atom is -0.395 e. The SMILES string of the molecule is OCCN(c1cccc(CO)n1)C1CCCC1. The second kappa shape index (κ2) is 5.98. The van der Waals surface area contributed by atoms with Gasteiger partial charge in [-0.1, -0.05) is 18.9 Å². The lowest BCUT2D eigenvalue weighted by Crippen LogP contribution is -2.36. The maximum atomic E-state index is 9.17. The molecule has 0 amide bonds. The number of anilines is 1. The van der Waals surface area contributed by atoms with E-state index < -0.39 is 0 Å². The molecule has 1 heterocycles. The average Bonchev–Trinajstić information content (AvgIpc) is 2.89. The van der Waals surface area contributed by atoms with Crippen molar-refractivity contribution in [3.8, 4) is 0 Å². The number of pyridine rings is 1. The third-order valence-corrected chi connectivity index (χ3v) is 3.35.